The predicted molar refractivity (Wildman–Crippen MR) is 66.8 cm³/mol. The quantitative estimate of drug-likeness (QED) is 0.783. The summed E-state index contributed by atoms with van der Waals surface area (Å²) in [5, 5.41) is 3.27. The summed E-state index contributed by atoms with van der Waals surface area (Å²) in [6, 6.07) is -0.0200. The van der Waals surface area contributed by atoms with Crippen LogP contribution in [-0.4, -0.2) is 49.7 Å². The summed E-state index contributed by atoms with van der Waals surface area (Å²) in [6.07, 6.45) is 4.57. The number of nitrogens with one attached hydrogen (secondary N) is 1. The molecule has 0 bridgehead atoms. The fourth-order valence-corrected chi connectivity index (χ4v) is 2.77. The molecule has 2 aliphatic rings. The molecule has 2 saturated heterocycles. The Morgan fingerprint density at radius 1 is 1.35 bits per heavy atom. The molecular weight excluding hydrogens is 216 g/mol. The molecule has 0 radical (unpaired) electrons. The average molecular weight is 240 g/mol. The van der Waals surface area contributed by atoms with Crippen LogP contribution in [0.3, 0.4) is 0 Å². The summed E-state index contributed by atoms with van der Waals surface area (Å²) in [6.45, 7) is 4.94. The van der Waals surface area contributed by atoms with Gasteiger partial charge in [0.2, 0.25) is 5.91 Å². The van der Waals surface area contributed by atoms with Crippen LogP contribution in [0.15, 0.2) is 0 Å². The normalized spacial score (nSPS) is 34.7. The van der Waals surface area contributed by atoms with Crippen molar-refractivity contribution in [3.8, 4) is 0 Å². The molecule has 1 amide bonds. The highest BCUT2D eigenvalue weighted by Crippen LogP contribution is 2.19. The Labute approximate surface area is 104 Å². The molecule has 0 aromatic rings. The van der Waals surface area contributed by atoms with Gasteiger partial charge in [0, 0.05) is 26.7 Å². The van der Waals surface area contributed by atoms with Crippen LogP contribution in [-0.2, 0) is 9.53 Å². The van der Waals surface area contributed by atoms with Gasteiger partial charge in [-0.3, -0.25) is 4.79 Å². The molecule has 98 valence electrons. The Kier molecular flexibility index (Phi) is 4.40. The number of carbonyl (C=O) groups is 1. The van der Waals surface area contributed by atoms with Gasteiger partial charge in [-0.05, 0) is 31.6 Å². The highest BCUT2D eigenvalue weighted by Gasteiger charge is 2.32. The minimum absolute atomic E-state index is 0.0200. The van der Waals surface area contributed by atoms with Crippen LogP contribution in [0.25, 0.3) is 0 Å². The number of rotatable bonds is 2. The molecule has 2 rings (SSSR count). The van der Waals surface area contributed by atoms with Gasteiger partial charge in [0.15, 0.2) is 0 Å². The van der Waals surface area contributed by atoms with E-state index >= 15 is 0 Å². The van der Waals surface area contributed by atoms with E-state index in [1.54, 1.807) is 7.11 Å². The van der Waals surface area contributed by atoms with Gasteiger partial charge in [-0.25, -0.2) is 0 Å². The molecule has 0 aliphatic carbocycles. The Bertz CT molecular complexity index is 270. The van der Waals surface area contributed by atoms with Gasteiger partial charge in [0.1, 0.15) is 0 Å². The maximum Gasteiger partial charge on any atom is 0.239 e. The first-order chi connectivity index (χ1) is 8.20. The van der Waals surface area contributed by atoms with Crippen LogP contribution in [0.1, 0.15) is 32.6 Å². The molecule has 2 heterocycles. The lowest BCUT2D eigenvalue weighted by Crippen LogP contribution is -2.44. The van der Waals surface area contributed by atoms with Crippen molar-refractivity contribution in [2.45, 2.75) is 44.8 Å². The van der Waals surface area contributed by atoms with Crippen molar-refractivity contribution in [3.63, 3.8) is 0 Å². The van der Waals surface area contributed by atoms with Crippen molar-refractivity contribution in [1.82, 2.24) is 10.2 Å². The fraction of sp³-hybridized carbons (Fsp3) is 0.923. The van der Waals surface area contributed by atoms with Gasteiger partial charge in [-0.1, -0.05) is 6.92 Å². The van der Waals surface area contributed by atoms with E-state index in [0.29, 0.717) is 0 Å². The third-order valence-corrected chi connectivity index (χ3v) is 4.05. The lowest BCUT2D eigenvalue weighted by Gasteiger charge is -2.24. The summed E-state index contributed by atoms with van der Waals surface area (Å²) in [4.78, 5) is 14.4. The minimum Gasteiger partial charge on any atom is -0.380 e. The zero-order chi connectivity index (χ0) is 12.3. The first-order valence-electron chi connectivity index (χ1n) is 6.75. The van der Waals surface area contributed by atoms with Crippen molar-refractivity contribution in [2.75, 3.05) is 26.7 Å². The molecule has 4 nitrogen and oxygen atoms in total. The van der Waals surface area contributed by atoms with E-state index in [9.17, 15) is 4.79 Å². The van der Waals surface area contributed by atoms with E-state index in [1.165, 1.54) is 6.42 Å². The summed E-state index contributed by atoms with van der Waals surface area (Å²) in [5.74, 6) is 1.04. The fourth-order valence-electron chi connectivity index (χ4n) is 2.77. The third-order valence-electron chi connectivity index (χ3n) is 4.05. The number of amides is 1. The number of hydrogen-bond donors (Lipinski definition) is 1. The van der Waals surface area contributed by atoms with Crippen molar-refractivity contribution in [2.24, 2.45) is 5.92 Å². The number of nitrogens with zero attached hydrogens (tertiary/aromatic N) is 1. The maximum absolute atomic E-state index is 12.3. The molecule has 3 atom stereocenters. The highest BCUT2D eigenvalue weighted by molar-refractivity contribution is 5.82. The van der Waals surface area contributed by atoms with E-state index in [-0.39, 0.29) is 18.1 Å². The van der Waals surface area contributed by atoms with Crippen LogP contribution < -0.4 is 5.32 Å². The van der Waals surface area contributed by atoms with Crippen molar-refractivity contribution < 1.29 is 9.53 Å². The van der Waals surface area contributed by atoms with Crippen LogP contribution in [0.2, 0.25) is 0 Å². The molecule has 2 aliphatic heterocycles. The third kappa shape index (κ3) is 3.19. The Morgan fingerprint density at radius 3 is 2.88 bits per heavy atom. The molecule has 17 heavy (non-hydrogen) atoms. The van der Waals surface area contributed by atoms with Gasteiger partial charge < -0.3 is 15.0 Å². The number of carbonyl (C=O) groups excluding carboxylic acids is 1. The number of methoxy groups -OCH3 is 1. The smallest absolute Gasteiger partial charge is 0.239 e. The SMILES string of the molecule is COC1CNC(C(=O)N2CCCC(C)CC2)C1. The van der Waals surface area contributed by atoms with Crippen LogP contribution in [0.4, 0.5) is 0 Å². The second kappa shape index (κ2) is 5.83. The Hall–Kier alpha value is -0.610. The maximum atomic E-state index is 12.3. The zero-order valence-electron chi connectivity index (χ0n) is 10.9. The van der Waals surface area contributed by atoms with Crippen LogP contribution >= 0.6 is 0 Å². The minimum atomic E-state index is -0.0200. The first-order valence-corrected chi connectivity index (χ1v) is 6.75. The Morgan fingerprint density at radius 2 is 2.18 bits per heavy atom. The molecule has 0 aromatic carbocycles. The largest absolute Gasteiger partial charge is 0.380 e. The molecule has 0 aromatic heterocycles. The second-order valence-electron chi connectivity index (χ2n) is 5.42. The van der Waals surface area contributed by atoms with Gasteiger partial charge in [-0.2, -0.15) is 0 Å². The van der Waals surface area contributed by atoms with E-state index in [4.69, 9.17) is 4.74 Å². The van der Waals surface area contributed by atoms with Gasteiger partial charge in [-0.15, -0.1) is 0 Å². The molecule has 0 saturated carbocycles. The van der Waals surface area contributed by atoms with Gasteiger partial charge in [0.25, 0.3) is 0 Å². The monoisotopic (exact) mass is 240 g/mol. The standard InChI is InChI=1S/C13H24N2O2/c1-10-4-3-6-15(7-5-10)13(16)12-8-11(17-2)9-14-12/h10-12,14H,3-9H2,1-2H3. The second-order valence-corrected chi connectivity index (χ2v) is 5.42. The number of hydrogen-bond acceptors (Lipinski definition) is 3. The lowest BCUT2D eigenvalue weighted by atomic mass is 10.0. The van der Waals surface area contributed by atoms with E-state index in [0.717, 1.165) is 44.8 Å². The van der Waals surface area contributed by atoms with Crippen molar-refractivity contribution in [1.29, 1.82) is 0 Å². The average Bonchev–Trinajstić information content (AvgIpc) is 2.71. The molecule has 1 N–H and O–H groups in total. The molecule has 2 fully saturated rings. The highest BCUT2D eigenvalue weighted by atomic mass is 16.5. The number of ether oxygens (including phenoxy) is 1. The van der Waals surface area contributed by atoms with E-state index in [1.807, 2.05) is 4.90 Å². The van der Waals surface area contributed by atoms with Crippen LogP contribution in [0.5, 0.6) is 0 Å². The summed E-state index contributed by atoms with van der Waals surface area (Å²) >= 11 is 0. The van der Waals surface area contributed by atoms with Crippen LogP contribution in [0, 0.1) is 5.92 Å². The first kappa shape index (κ1) is 12.8. The Balaban J connectivity index is 1.87. The number of likely N-dealkylation sites (tertiary alicyclic amines) is 1. The predicted octanol–water partition coefficient (Wildman–Crippen LogP) is 1.01. The topological polar surface area (TPSA) is 41.6 Å². The molecule has 3 unspecified atom stereocenters. The van der Waals surface area contributed by atoms with E-state index in [2.05, 4.69) is 12.2 Å². The summed E-state index contributed by atoms with van der Waals surface area (Å²) in [5.41, 5.74) is 0. The van der Waals surface area contributed by atoms with Crippen molar-refractivity contribution in [3.05, 3.63) is 0 Å². The zero-order valence-corrected chi connectivity index (χ0v) is 10.9. The van der Waals surface area contributed by atoms with Gasteiger partial charge in [0.05, 0.1) is 12.1 Å². The van der Waals surface area contributed by atoms with E-state index < -0.39 is 0 Å². The molecule has 0 spiro atoms. The summed E-state index contributed by atoms with van der Waals surface area (Å²) in [7, 11) is 1.72. The molecular formula is C13H24N2O2. The lowest BCUT2D eigenvalue weighted by molar-refractivity contribution is -0.133. The van der Waals surface area contributed by atoms with Crippen molar-refractivity contribution >= 4 is 5.91 Å². The summed E-state index contributed by atoms with van der Waals surface area (Å²) < 4.78 is 5.29. The van der Waals surface area contributed by atoms with Gasteiger partial charge >= 0.3 is 0 Å². The molecule has 4 heteroatoms.